The Balaban J connectivity index is 2.89. The monoisotopic (exact) mass is 271 g/mol. The van der Waals surface area contributed by atoms with Gasteiger partial charge in [-0.2, -0.15) is 0 Å². The van der Waals surface area contributed by atoms with Crippen LogP contribution in [0.1, 0.15) is 24.1 Å². The first kappa shape index (κ1) is 12.7. The lowest BCUT2D eigenvalue weighted by molar-refractivity contribution is 0.167. The Kier molecular flexibility index (Phi) is 5.29. The summed E-state index contributed by atoms with van der Waals surface area (Å²) in [7, 11) is 1.73. The highest BCUT2D eigenvalue weighted by Crippen LogP contribution is 2.24. The molecule has 0 aliphatic rings. The van der Waals surface area contributed by atoms with E-state index in [1.165, 1.54) is 11.1 Å². The van der Waals surface area contributed by atoms with Gasteiger partial charge in [-0.25, -0.2) is 0 Å². The maximum atomic E-state index is 5.21. The molecule has 0 aliphatic heterocycles. The van der Waals surface area contributed by atoms with Crippen LogP contribution in [0.25, 0.3) is 0 Å². The van der Waals surface area contributed by atoms with Crippen molar-refractivity contribution in [3.63, 3.8) is 0 Å². The minimum absolute atomic E-state index is 0.259. The summed E-state index contributed by atoms with van der Waals surface area (Å²) >= 11 is 3.59. The zero-order valence-corrected chi connectivity index (χ0v) is 11.1. The third-order valence-electron chi connectivity index (χ3n) is 2.32. The van der Waals surface area contributed by atoms with Crippen molar-refractivity contribution in [2.24, 2.45) is 0 Å². The van der Waals surface area contributed by atoms with Crippen molar-refractivity contribution in [2.75, 3.05) is 20.3 Å². The van der Waals surface area contributed by atoms with E-state index in [2.05, 4.69) is 53.3 Å². The van der Waals surface area contributed by atoms with Crippen LogP contribution in [-0.2, 0) is 4.74 Å². The molecule has 2 nitrogen and oxygen atoms in total. The Bertz CT molecular complexity index is 308. The molecule has 1 rings (SSSR count). The van der Waals surface area contributed by atoms with Gasteiger partial charge in [0, 0.05) is 11.6 Å². The minimum atomic E-state index is 0.259. The summed E-state index contributed by atoms with van der Waals surface area (Å²) in [4.78, 5) is 0. The molecule has 0 saturated carbocycles. The van der Waals surface area contributed by atoms with E-state index in [9.17, 15) is 0 Å². The van der Waals surface area contributed by atoms with Crippen molar-refractivity contribution in [2.45, 2.75) is 19.9 Å². The lowest BCUT2D eigenvalue weighted by Crippen LogP contribution is -2.25. The highest BCUT2D eigenvalue weighted by molar-refractivity contribution is 9.10. The smallest absolute Gasteiger partial charge is 0.0658 e. The van der Waals surface area contributed by atoms with Crippen molar-refractivity contribution in [1.82, 2.24) is 5.32 Å². The first-order valence-electron chi connectivity index (χ1n) is 5.17. The molecule has 1 aromatic rings. The molecule has 0 aromatic heterocycles. The molecule has 0 heterocycles. The number of likely N-dealkylation sites (N-methyl/N-ethyl adjacent to an activating group) is 1. The SMILES string of the molecule is CCNC(COC)c1ccc(C)cc1Br. The van der Waals surface area contributed by atoms with E-state index >= 15 is 0 Å². The molecule has 1 N–H and O–H groups in total. The van der Waals surface area contributed by atoms with Gasteiger partial charge in [-0.1, -0.05) is 35.0 Å². The zero-order valence-electron chi connectivity index (χ0n) is 9.51. The van der Waals surface area contributed by atoms with Gasteiger partial charge in [0.05, 0.1) is 12.6 Å². The second kappa shape index (κ2) is 6.26. The maximum absolute atomic E-state index is 5.21. The minimum Gasteiger partial charge on any atom is -0.383 e. The number of halogens is 1. The highest BCUT2D eigenvalue weighted by Gasteiger charge is 2.12. The van der Waals surface area contributed by atoms with E-state index in [-0.39, 0.29) is 6.04 Å². The number of rotatable bonds is 5. The predicted octanol–water partition coefficient (Wildman–Crippen LogP) is 3.05. The van der Waals surface area contributed by atoms with Gasteiger partial charge in [-0.15, -0.1) is 0 Å². The number of methoxy groups -OCH3 is 1. The molecule has 1 atom stereocenters. The first-order chi connectivity index (χ1) is 7.19. The molecule has 15 heavy (non-hydrogen) atoms. The van der Waals surface area contributed by atoms with Crippen LogP contribution in [0.4, 0.5) is 0 Å². The fourth-order valence-electron chi connectivity index (χ4n) is 1.59. The fraction of sp³-hybridized carbons (Fsp3) is 0.500. The van der Waals surface area contributed by atoms with Crippen LogP contribution < -0.4 is 5.32 Å². The van der Waals surface area contributed by atoms with Crippen LogP contribution in [0.15, 0.2) is 22.7 Å². The number of hydrogen-bond acceptors (Lipinski definition) is 2. The number of benzene rings is 1. The van der Waals surface area contributed by atoms with Crippen LogP contribution in [0.5, 0.6) is 0 Å². The third kappa shape index (κ3) is 3.59. The zero-order chi connectivity index (χ0) is 11.3. The molecule has 1 aromatic carbocycles. The van der Waals surface area contributed by atoms with Gasteiger partial charge in [0.15, 0.2) is 0 Å². The topological polar surface area (TPSA) is 21.3 Å². The number of aryl methyl sites for hydroxylation is 1. The Labute approximate surface area is 100 Å². The van der Waals surface area contributed by atoms with E-state index in [1.807, 2.05) is 0 Å². The summed E-state index contributed by atoms with van der Waals surface area (Å²) in [6.07, 6.45) is 0. The molecule has 0 radical (unpaired) electrons. The average Bonchev–Trinajstić information content (AvgIpc) is 2.17. The molecule has 84 valence electrons. The molecule has 0 bridgehead atoms. The average molecular weight is 272 g/mol. The molecule has 0 saturated heterocycles. The third-order valence-corrected chi connectivity index (χ3v) is 3.00. The largest absolute Gasteiger partial charge is 0.383 e. The van der Waals surface area contributed by atoms with Gasteiger partial charge in [0.25, 0.3) is 0 Å². The molecular formula is C12H18BrNO. The van der Waals surface area contributed by atoms with Crippen LogP contribution in [0, 0.1) is 6.92 Å². The van der Waals surface area contributed by atoms with Crippen molar-refractivity contribution in [3.8, 4) is 0 Å². The van der Waals surface area contributed by atoms with Crippen molar-refractivity contribution >= 4 is 15.9 Å². The van der Waals surface area contributed by atoms with Crippen LogP contribution in [0.2, 0.25) is 0 Å². The number of nitrogens with one attached hydrogen (secondary N) is 1. The summed E-state index contributed by atoms with van der Waals surface area (Å²) in [5, 5.41) is 3.41. The number of ether oxygens (including phenoxy) is 1. The van der Waals surface area contributed by atoms with Gasteiger partial charge in [-0.3, -0.25) is 0 Å². The summed E-state index contributed by atoms with van der Waals surface area (Å²) in [5.74, 6) is 0. The Morgan fingerprint density at radius 1 is 1.47 bits per heavy atom. The molecule has 3 heteroatoms. The van der Waals surface area contributed by atoms with E-state index in [1.54, 1.807) is 7.11 Å². The normalized spacial score (nSPS) is 12.8. The molecule has 0 amide bonds. The van der Waals surface area contributed by atoms with Crippen LogP contribution in [0.3, 0.4) is 0 Å². The van der Waals surface area contributed by atoms with E-state index in [0.29, 0.717) is 6.61 Å². The second-order valence-electron chi connectivity index (χ2n) is 3.59. The summed E-state index contributed by atoms with van der Waals surface area (Å²) in [6, 6.07) is 6.66. The first-order valence-corrected chi connectivity index (χ1v) is 5.96. The van der Waals surface area contributed by atoms with Gasteiger partial charge < -0.3 is 10.1 Å². The molecular weight excluding hydrogens is 254 g/mol. The fourth-order valence-corrected chi connectivity index (χ4v) is 2.36. The van der Waals surface area contributed by atoms with E-state index < -0.39 is 0 Å². The molecule has 0 fully saturated rings. The summed E-state index contributed by atoms with van der Waals surface area (Å²) in [6.45, 7) is 5.82. The van der Waals surface area contributed by atoms with Crippen molar-refractivity contribution in [1.29, 1.82) is 0 Å². The summed E-state index contributed by atoms with van der Waals surface area (Å²) < 4.78 is 6.36. The highest BCUT2D eigenvalue weighted by atomic mass is 79.9. The van der Waals surface area contributed by atoms with E-state index in [4.69, 9.17) is 4.74 Å². The molecule has 0 spiro atoms. The maximum Gasteiger partial charge on any atom is 0.0658 e. The van der Waals surface area contributed by atoms with E-state index in [0.717, 1.165) is 11.0 Å². The van der Waals surface area contributed by atoms with Crippen LogP contribution >= 0.6 is 15.9 Å². The lowest BCUT2D eigenvalue weighted by atomic mass is 10.1. The standard InChI is InChI=1S/C12H18BrNO/c1-4-14-12(8-15-3)10-6-5-9(2)7-11(10)13/h5-7,12,14H,4,8H2,1-3H3. The van der Waals surface area contributed by atoms with Gasteiger partial charge in [0.1, 0.15) is 0 Å². The van der Waals surface area contributed by atoms with Crippen molar-refractivity contribution < 1.29 is 4.74 Å². The Morgan fingerprint density at radius 2 is 2.20 bits per heavy atom. The predicted molar refractivity (Wildman–Crippen MR) is 67.2 cm³/mol. The van der Waals surface area contributed by atoms with Crippen LogP contribution in [-0.4, -0.2) is 20.3 Å². The van der Waals surface area contributed by atoms with Gasteiger partial charge in [-0.05, 0) is 30.7 Å². The quantitative estimate of drug-likeness (QED) is 0.889. The Morgan fingerprint density at radius 3 is 2.73 bits per heavy atom. The van der Waals surface area contributed by atoms with Gasteiger partial charge >= 0.3 is 0 Å². The molecule has 0 aliphatic carbocycles. The van der Waals surface area contributed by atoms with Gasteiger partial charge in [0.2, 0.25) is 0 Å². The van der Waals surface area contributed by atoms with Crippen molar-refractivity contribution in [3.05, 3.63) is 33.8 Å². The molecule has 1 unspecified atom stereocenters. The second-order valence-corrected chi connectivity index (χ2v) is 4.44. The number of hydrogen-bond donors (Lipinski definition) is 1. The summed E-state index contributed by atoms with van der Waals surface area (Å²) in [5.41, 5.74) is 2.52. The lowest BCUT2D eigenvalue weighted by Gasteiger charge is -2.19. The Hall–Kier alpha value is -0.380.